The number of alkyl halides is 2. The summed E-state index contributed by atoms with van der Waals surface area (Å²) in [5.74, 6) is -0.432. The van der Waals surface area contributed by atoms with E-state index in [1.807, 2.05) is 6.07 Å². The molecule has 0 aliphatic carbocycles. The van der Waals surface area contributed by atoms with E-state index in [0.29, 0.717) is 12.2 Å². The summed E-state index contributed by atoms with van der Waals surface area (Å²) in [4.78, 5) is 12.0. The number of benzene rings is 2. The summed E-state index contributed by atoms with van der Waals surface area (Å²) < 4.78 is 28.5. The second-order valence-corrected chi connectivity index (χ2v) is 4.33. The zero-order valence-corrected chi connectivity index (χ0v) is 11.1. The minimum Gasteiger partial charge on any atom is -0.435 e. The predicted molar refractivity (Wildman–Crippen MR) is 75.1 cm³/mol. The van der Waals surface area contributed by atoms with Gasteiger partial charge in [-0.1, -0.05) is 18.2 Å². The van der Waals surface area contributed by atoms with Crippen molar-refractivity contribution in [2.45, 2.75) is 13.2 Å². The van der Waals surface area contributed by atoms with Gasteiger partial charge in [-0.25, -0.2) is 0 Å². The Morgan fingerprint density at radius 3 is 2.67 bits per heavy atom. The Labute approximate surface area is 120 Å². The van der Waals surface area contributed by atoms with Crippen molar-refractivity contribution in [3.05, 3.63) is 59.7 Å². The molecule has 0 spiro atoms. The maximum atomic E-state index is 12.1. The standard InChI is InChI=1S/C15H14F2N2O2/c16-15(17)21-13-6-2-4-11(8-13)14(20)19-9-10-3-1-5-12(18)7-10/h1-8,15H,9,18H2,(H,19,20). The third-order valence-corrected chi connectivity index (χ3v) is 2.73. The summed E-state index contributed by atoms with van der Waals surface area (Å²) in [5.41, 5.74) is 7.35. The van der Waals surface area contributed by atoms with Crippen molar-refractivity contribution in [3.8, 4) is 5.75 Å². The molecular formula is C15H14F2N2O2. The van der Waals surface area contributed by atoms with Crippen molar-refractivity contribution < 1.29 is 18.3 Å². The molecule has 2 aromatic carbocycles. The number of halogens is 2. The smallest absolute Gasteiger partial charge is 0.387 e. The molecule has 21 heavy (non-hydrogen) atoms. The van der Waals surface area contributed by atoms with Gasteiger partial charge in [0.2, 0.25) is 0 Å². The van der Waals surface area contributed by atoms with Crippen LogP contribution in [0.25, 0.3) is 0 Å². The first-order chi connectivity index (χ1) is 10.0. The maximum absolute atomic E-state index is 12.1. The monoisotopic (exact) mass is 292 g/mol. The van der Waals surface area contributed by atoms with Crippen LogP contribution in [0, 0.1) is 0 Å². The predicted octanol–water partition coefficient (Wildman–Crippen LogP) is 2.80. The van der Waals surface area contributed by atoms with Crippen LogP contribution in [0.2, 0.25) is 0 Å². The van der Waals surface area contributed by atoms with E-state index in [4.69, 9.17) is 5.73 Å². The molecule has 4 nitrogen and oxygen atoms in total. The molecule has 2 rings (SSSR count). The molecule has 0 unspecified atom stereocenters. The zero-order valence-electron chi connectivity index (χ0n) is 11.1. The zero-order chi connectivity index (χ0) is 15.2. The number of anilines is 1. The van der Waals surface area contributed by atoms with E-state index in [0.717, 1.165) is 5.56 Å². The van der Waals surface area contributed by atoms with E-state index in [9.17, 15) is 13.6 Å². The minimum absolute atomic E-state index is 0.0541. The molecule has 0 aliphatic rings. The van der Waals surface area contributed by atoms with Crippen LogP contribution in [0.1, 0.15) is 15.9 Å². The highest BCUT2D eigenvalue weighted by atomic mass is 19.3. The molecule has 0 radical (unpaired) electrons. The van der Waals surface area contributed by atoms with Gasteiger partial charge in [0.25, 0.3) is 5.91 Å². The van der Waals surface area contributed by atoms with Gasteiger partial charge in [0.05, 0.1) is 0 Å². The van der Waals surface area contributed by atoms with E-state index in [1.165, 1.54) is 24.3 Å². The molecule has 2 aromatic rings. The molecule has 1 amide bonds. The topological polar surface area (TPSA) is 64.3 Å². The van der Waals surface area contributed by atoms with Gasteiger partial charge in [-0.2, -0.15) is 8.78 Å². The molecule has 0 heterocycles. The highest BCUT2D eigenvalue weighted by Crippen LogP contribution is 2.16. The molecule has 0 saturated heterocycles. The molecule has 0 aromatic heterocycles. The van der Waals surface area contributed by atoms with Crippen LogP contribution < -0.4 is 15.8 Å². The molecule has 0 atom stereocenters. The van der Waals surface area contributed by atoms with Crippen molar-refractivity contribution >= 4 is 11.6 Å². The van der Waals surface area contributed by atoms with E-state index in [-0.39, 0.29) is 17.2 Å². The molecule has 0 bridgehead atoms. The lowest BCUT2D eigenvalue weighted by molar-refractivity contribution is -0.0498. The summed E-state index contributed by atoms with van der Waals surface area (Å²) in [5, 5.41) is 2.69. The third kappa shape index (κ3) is 4.45. The van der Waals surface area contributed by atoms with Gasteiger partial charge >= 0.3 is 6.61 Å². The summed E-state index contributed by atoms with van der Waals surface area (Å²) >= 11 is 0. The van der Waals surface area contributed by atoms with Crippen LogP contribution in [-0.2, 0) is 6.54 Å². The highest BCUT2D eigenvalue weighted by molar-refractivity contribution is 5.94. The Morgan fingerprint density at radius 1 is 1.19 bits per heavy atom. The van der Waals surface area contributed by atoms with Crippen molar-refractivity contribution in [2.75, 3.05) is 5.73 Å². The molecule has 0 aliphatic heterocycles. The van der Waals surface area contributed by atoms with Crippen molar-refractivity contribution in [2.24, 2.45) is 0 Å². The van der Waals surface area contributed by atoms with Crippen molar-refractivity contribution in [1.82, 2.24) is 5.32 Å². The summed E-state index contributed by atoms with van der Waals surface area (Å²) in [7, 11) is 0. The Hall–Kier alpha value is -2.63. The Balaban J connectivity index is 2.00. The minimum atomic E-state index is -2.92. The van der Waals surface area contributed by atoms with Crippen LogP contribution in [0.5, 0.6) is 5.75 Å². The van der Waals surface area contributed by atoms with E-state index >= 15 is 0 Å². The molecule has 0 saturated carbocycles. The SMILES string of the molecule is Nc1cccc(CNC(=O)c2cccc(OC(F)F)c2)c1. The second-order valence-electron chi connectivity index (χ2n) is 4.33. The quantitative estimate of drug-likeness (QED) is 0.833. The van der Waals surface area contributed by atoms with Crippen LogP contribution >= 0.6 is 0 Å². The van der Waals surface area contributed by atoms with Gasteiger partial charge in [-0.05, 0) is 35.9 Å². The summed E-state index contributed by atoms with van der Waals surface area (Å²) in [6.45, 7) is -2.63. The number of hydrogen-bond donors (Lipinski definition) is 2. The fourth-order valence-corrected chi connectivity index (χ4v) is 1.80. The fourth-order valence-electron chi connectivity index (χ4n) is 1.80. The number of amides is 1. The van der Waals surface area contributed by atoms with Gasteiger partial charge in [0.1, 0.15) is 5.75 Å². The van der Waals surface area contributed by atoms with Crippen molar-refractivity contribution in [1.29, 1.82) is 0 Å². The molecule has 6 heteroatoms. The number of carbonyl (C=O) groups excluding carboxylic acids is 1. The van der Waals surface area contributed by atoms with Gasteiger partial charge < -0.3 is 15.8 Å². The number of ether oxygens (including phenoxy) is 1. The van der Waals surface area contributed by atoms with Gasteiger partial charge in [-0.3, -0.25) is 4.79 Å². The highest BCUT2D eigenvalue weighted by Gasteiger charge is 2.09. The first-order valence-electron chi connectivity index (χ1n) is 6.22. The Bertz CT molecular complexity index is 633. The maximum Gasteiger partial charge on any atom is 0.387 e. The molecular weight excluding hydrogens is 278 g/mol. The number of rotatable bonds is 5. The van der Waals surface area contributed by atoms with Crippen LogP contribution in [-0.4, -0.2) is 12.5 Å². The van der Waals surface area contributed by atoms with Gasteiger partial charge in [0, 0.05) is 17.8 Å². The summed E-state index contributed by atoms with van der Waals surface area (Å²) in [6.07, 6.45) is 0. The lowest BCUT2D eigenvalue weighted by atomic mass is 10.1. The number of hydrogen-bond acceptors (Lipinski definition) is 3. The average molecular weight is 292 g/mol. The molecule has 0 fully saturated rings. The largest absolute Gasteiger partial charge is 0.435 e. The number of nitrogen functional groups attached to an aromatic ring is 1. The van der Waals surface area contributed by atoms with E-state index in [2.05, 4.69) is 10.1 Å². The molecule has 110 valence electrons. The van der Waals surface area contributed by atoms with E-state index < -0.39 is 6.61 Å². The first-order valence-corrected chi connectivity index (χ1v) is 6.22. The van der Waals surface area contributed by atoms with Crippen LogP contribution in [0.15, 0.2) is 48.5 Å². The fraction of sp³-hybridized carbons (Fsp3) is 0.133. The van der Waals surface area contributed by atoms with Crippen molar-refractivity contribution in [3.63, 3.8) is 0 Å². The number of carbonyl (C=O) groups is 1. The Kier molecular flexibility index (Phi) is 4.71. The third-order valence-electron chi connectivity index (χ3n) is 2.73. The second kappa shape index (κ2) is 6.69. The normalized spacial score (nSPS) is 10.4. The van der Waals surface area contributed by atoms with Crippen LogP contribution in [0.4, 0.5) is 14.5 Å². The number of nitrogens with one attached hydrogen (secondary N) is 1. The van der Waals surface area contributed by atoms with Gasteiger partial charge in [0.15, 0.2) is 0 Å². The lowest BCUT2D eigenvalue weighted by Gasteiger charge is -2.08. The van der Waals surface area contributed by atoms with Gasteiger partial charge in [-0.15, -0.1) is 0 Å². The van der Waals surface area contributed by atoms with E-state index in [1.54, 1.807) is 18.2 Å². The average Bonchev–Trinajstić information content (AvgIpc) is 2.44. The number of nitrogens with two attached hydrogens (primary N) is 1. The first kappa shape index (κ1) is 14.8. The summed E-state index contributed by atoms with van der Waals surface area (Å²) in [6, 6.07) is 12.7. The van der Waals surface area contributed by atoms with Crippen LogP contribution in [0.3, 0.4) is 0 Å². The Morgan fingerprint density at radius 2 is 1.95 bits per heavy atom. The lowest BCUT2D eigenvalue weighted by Crippen LogP contribution is -2.22. The molecule has 3 N–H and O–H groups in total.